The second-order valence-electron chi connectivity index (χ2n) is 7.67. The number of nitrogens with zero attached hydrogens (tertiary/aromatic N) is 3. The van der Waals surface area contributed by atoms with Gasteiger partial charge in [-0.2, -0.15) is 0 Å². The first-order valence-electron chi connectivity index (χ1n) is 9.71. The minimum Gasteiger partial charge on any atom is -0.317 e. The molecule has 0 radical (unpaired) electrons. The quantitative estimate of drug-likeness (QED) is 0.827. The summed E-state index contributed by atoms with van der Waals surface area (Å²) in [6, 6.07) is 0. The summed E-state index contributed by atoms with van der Waals surface area (Å²) in [5.74, 6) is 1.91. The molecule has 3 saturated heterocycles. The van der Waals surface area contributed by atoms with Gasteiger partial charge in [0.15, 0.2) is 0 Å². The summed E-state index contributed by atoms with van der Waals surface area (Å²) in [6.07, 6.45) is 5.61. The van der Waals surface area contributed by atoms with Gasteiger partial charge in [0.2, 0.25) is 0 Å². The molecule has 0 aromatic carbocycles. The van der Waals surface area contributed by atoms with Gasteiger partial charge in [0, 0.05) is 39.3 Å². The zero-order chi connectivity index (χ0) is 15.2. The lowest BCUT2D eigenvalue weighted by atomic mass is 9.95. The average molecular weight is 309 g/mol. The SMILES string of the molecule is CCN1CCC(CN2CCN(CC3CCNCC3)CC2)CC1. The van der Waals surface area contributed by atoms with Crippen LogP contribution in [-0.2, 0) is 0 Å². The van der Waals surface area contributed by atoms with Gasteiger partial charge in [0.1, 0.15) is 0 Å². The number of likely N-dealkylation sites (tertiary alicyclic amines) is 1. The van der Waals surface area contributed by atoms with E-state index in [1.54, 1.807) is 0 Å². The van der Waals surface area contributed by atoms with Crippen LogP contribution < -0.4 is 5.32 Å². The molecule has 0 atom stereocenters. The van der Waals surface area contributed by atoms with E-state index in [-0.39, 0.29) is 0 Å². The van der Waals surface area contributed by atoms with Gasteiger partial charge in [-0.3, -0.25) is 0 Å². The summed E-state index contributed by atoms with van der Waals surface area (Å²) in [6.45, 7) is 16.6. The summed E-state index contributed by atoms with van der Waals surface area (Å²) < 4.78 is 0. The fourth-order valence-corrected chi connectivity index (χ4v) is 4.43. The second kappa shape index (κ2) is 8.62. The van der Waals surface area contributed by atoms with E-state index in [1.807, 2.05) is 0 Å². The number of hydrogen-bond acceptors (Lipinski definition) is 4. The Bertz CT molecular complexity index is 300. The molecule has 3 fully saturated rings. The van der Waals surface area contributed by atoms with Crippen LogP contribution in [0, 0.1) is 11.8 Å². The van der Waals surface area contributed by atoms with Gasteiger partial charge in [-0.15, -0.1) is 0 Å². The number of rotatable bonds is 5. The minimum atomic E-state index is 0.950. The standard InChI is InChI=1S/C18H36N4/c1-2-20-9-5-18(6-10-20)16-22-13-11-21(12-14-22)15-17-3-7-19-8-4-17/h17-19H,2-16H2,1H3. The first-order chi connectivity index (χ1) is 10.8. The van der Waals surface area contributed by atoms with E-state index in [4.69, 9.17) is 0 Å². The number of nitrogens with one attached hydrogen (secondary N) is 1. The highest BCUT2D eigenvalue weighted by molar-refractivity contribution is 4.80. The normalized spacial score (nSPS) is 28.2. The molecule has 3 heterocycles. The molecule has 3 aliphatic heterocycles. The van der Waals surface area contributed by atoms with Crippen LogP contribution in [0.5, 0.6) is 0 Å². The Morgan fingerprint density at radius 1 is 0.682 bits per heavy atom. The fourth-order valence-electron chi connectivity index (χ4n) is 4.43. The number of piperazine rings is 1. The third-order valence-corrected chi connectivity index (χ3v) is 6.11. The van der Waals surface area contributed by atoms with Crippen LogP contribution >= 0.6 is 0 Å². The van der Waals surface area contributed by atoms with Crippen LogP contribution in [-0.4, -0.2) is 86.7 Å². The lowest BCUT2D eigenvalue weighted by Gasteiger charge is -2.40. The minimum absolute atomic E-state index is 0.950. The van der Waals surface area contributed by atoms with Crippen molar-refractivity contribution in [2.24, 2.45) is 11.8 Å². The maximum atomic E-state index is 3.48. The number of hydrogen-bond donors (Lipinski definition) is 1. The van der Waals surface area contributed by atoms with Gasteiger partial charge >= 0.3 is 0 Å². The third kappa shape index (κ3) is 4.92. The predicted octanol–water partition coefficient (Wildman–Crippen LogP) is 1.34. The molecular weight excluding hydrogens is 272 g/mol. The van der Waals surface area contributed by atoms with Crippen molar-refractivity contribution >= 4 is 0 Å². The van der Waals surface area contributed by atoms with Crippen molar-refractivity contribution in [1.82, 2.24) is 20.0 Å². The molecule has 22 heavy (non-hydrogen) atoms. The average Bonchev–Trinajstić information content (AvgIpc) is 2.58. The Balaban J connectivity index is 1.32. The van der Waals surface area contributed by atoms with E-state index < -0.39 is 0 Å². The van der Waals surface area contributed by atoms with Gasteiger partial charge in [-0.1, -0.05) is 6.92 Å². The molecule has 128 valence electrons. The molecule has 0 spiro atoms. The van der Waals surface area contributed by atoms with E-state index in [2.05, 4.69) is 26.9 Å². The van der Waals surface area contributed by atoms with Crippen molar-refractivity contribution in [3.63, 3.8) is 0 Å². The first-order valence-corrected chi connectivity index (χ1v) is 9.71. The Kier molecular flexibility index (Phi) is 6.54. The van der Waals surface area contributed by atoms with E-state index in [9.17, 15) is 0 Å². The van der Waals surface area contributed by atoms with Crippen molar-refractivity contribution < 1.29 is 0 Å². The molecule has 0 bridgehead atoms. The van der Waals surface area contributed by atoms with Crippen molar-refractivity contribution in [1.29, 1.82) is 0 Å². The molecule has 0 aliphatic carbocycles. The maximum absolute atomic E-state index is 3.48. The predicted molar refractivity (Wildman–Crippen MR) is 93.3 cm³/mol. The highest BCUT2D eigenvalue weighted by atomic mass is 15.3. The molecule has 3 aliphatic rings. The molecule has 0 unspecified atom stereocenters. The van der Waals surface area contributed by atoms with Gasteiger partial charge in [-0.05, 0) is 70.2 Å². The molecule has 0 saturated carbocycles. The molecule has 1 N–H and O–H groups in total. The Morgan fingerprint density at radius 2 is 1.18 bits per heavy atom. The molecule has 3 rings (SSSR count). The van der Waals surface area contributed by atoms with Crippen LogP contribution in [0.4, 0.5) is 0 Å². The molecular formula is C18H36N4. The van der Waals surface area contributed by atoms with Crippen LogP contribution in [0.25, 0.3) is 0 Å². The van der Waals surface area contributed by atoms with Crippen LogP contribution in [0.2, 0.25) is 0 Å². The highest BCUT2D eigenvalue weighted by Crippen LogP contribution is 2.20. The molecule has 4 heteroatoms. The van der Waals surface area contributed by atoms with Crippen LogP contribution in [0.15, 0.2) is 0 Å². The Morgan fingerprint density at radius 3 is 1.68 bits per heavy atom. The maximum Gasteiger partial charge on any atom is 0.0110 e. The van der Waals surface area contributed by atoms with E-state index in [1.165, 1.54) is 97.7 Å². The van der Waals surface area contributed by atoms with Crippen molar-refractivity contribution in [2.75, 3.05) is 72.0 Å². The topological polar surface area (TPSA) is 21.8 Å². The monoisotopic (exact) mass is 308 g/mol. The summed E-state index contributed by atoms with van der Waals surface area (Å²) in [4.78, 5) is 8.07. The lowest BCUT2D eigenvalue weighted by Crippen LogP contribution is -2.50. The van der Waals surface area contributed by atoms with Crippen LogP contribution in [0.1, 0.15) is 32.6 Å². The summed E-state index contributed by atoms with van der Waals surface area (Å²) >= 11 is 0. The fraction of sp³-hybridized carbons (Fsp3) is 1.00. The molecule has 0 aromatic rings. The van der Waals surface area contributed by atoms with Crippen LogP contribution in [0.3, 0.4) is 0 Å². The van der Waals surface area contributed by atoms with Crippen molar-refractivity contribution in [3.05, 3.63) is 0 Å². The summed E-state index contributed by atoms with van der Waals surface area (Å²) in [5.41, 5.74) is 0. The largest absolute Gasteiger partial charge is 0.317 e. The Labute approximate surface area is 137 Å². The van der Waals surface area contributed by atoms with Crippen molar-refractivity contribution in [3.8, 4) is 0 Å². The van der Waals surface area contributed by atoms with Gasteiger partial charge in [0.25, 0.3) is 0 Å². The van der Waals surface area contributed by atoms with Crippen molar-refractivity contribution in [2.45, 2.75) is 32.6 Å². The van der Waals surface area contributed by atoms with E-state index >= 15 is 0 Å². The van der Waals surface area contributed by atoms with E-state index in [0.717, 1.165) is 11.8 Å². The van der Waals surface area contributed by atoms with Gasteiger partial charge < -0.3 is 20.0 Å². The van der Waals surface area contributed by atoms with Gasteiger partial charge in [0.05, 0.1) is 0 Å². The second-order valence-corrected chi connectivity index (χ2v) is 7.67. The molecule has 0 aromatic heterocycles. The van der Waals surface area contributed by atoms with E-state index in [0.29, 0.717) is 0 Å². The zero-order valence-corrected chi connectivity index (χ0v) is 14.6. The lowest BCUT2D eigenvalue weighted by molar-refractivity contribution is 0.0847. The van der Waals surface area contributed by atoms with Gasteiger partial charge in [-0.25, -0.2) is 0 Å². The highest BCUT2D eigenvalue weighted by Gasteiger charge is 2.24. The zero-order valence-electron chi connectivity index (χ0n) is 14.6. The molecule has 4 nitrogen and oxygen atoms in total. The summed E-state index contributed by atoms with van der Waals surface area (Å²) in [5, 5.41) is 3.48. The number of piperidine rings is 2. The summed E-state index contributed by atoms with van der Waals surface area (Å²) in [7, 11) is 0. The third-order valence-electron chi connectivity index (χ3n) is 6.11. The molecule has 0 amide bonds. The smallest absolute Gasteiger partial charge is 0.0110 e. The Hall–Kier alpha value is -0.160. The first kappa shape index (κ1) is 16.7.